The number of carbonyl (C=O) groups excluding carboxylic acids is 1. The molecule has 1 unspecified atom stereocenters. The van der Waals surface area contributed by atoms with Crippen LogP contribution in [0.5, 0.6) is 0 Å². The normalized spacial score (nSPS) is 18.9. The van der Waals surface area contributed by atoms with Gasteiger partial charge >= 0.3 is 0 Å². The van der Waals surface area contributed by atoms with Crippen molar-refractivity contribution in [1.82, 2.24) is 19.4 Å². The molecule has 2 heterocycles. The van der Waals surface area contributed by atoms with Crippen LogP contribution >= 0.6 is 0 Å². The van der Waals surface area contributed by atoms with E-state index in [4.69, 9.17) is 4.74 Å². The molecule has 6 heteroatoms. The number of rotatable bonds is 5. The van der Waals surface area contributed by atoms with Crippen LogP contribution in [0.2, 0.25) is 0 Å². The molecule has 0 fully saturated rings. The smallest absolute Gasteiger partial charge is 0.236 e. The van der Waals surface area contributed by atoms with Crippen molar-refractivity contribution in [3.63, 3.8) is 0 Å². The summed E-state index contributed by atoms with van der Waals surface area (Å²) in [4.78, 5) is 20.2. The van der Waals surface area contributed by atoms with Crippen molar-refractivity contribution >= 4 is 5.91 Å². The van der Waals surface area contributed by atoms with Crippen molar-refractivity contribution in [2.75, 3.05) is 33.9 Å². The lowest BCUT2D eigenvalue weighted by Gasteiger charge is -2.35. The molecule has 0 N–H and O–H groups in total. The van der Waals surface area contributed by atoms with Crippen LogP contribution in [0.1, 0.15) is 18.3 Å². The van der Waals surface area contributed by atoms with Crippen LogP contribution in [0, 0.1) is 0 Å². The average Bonchev–Trinajstić information content (AvgIpc) is 2.77. The van der Waals surface area contributed by atoms with E-state index in [9.17, 15) is 4.79 Å². The van der Waals surface area contributed by atoms with Crippen LogP contribution in [-0.4, -0.2) is 65.2 Å². The Kier molecular flexibility index (Phi) is 4.77. The molecular weight excluding hydrogens is 256 g/mol. The highest BCUT2D eigenvalue weighted by molar-refractivity contribution is 5.77. The summed E-state index contributed by atoms with van der Waals surface area (Å²) < 4.78 is 7.65. The highest BCUT2D eigenvalue weighted by atomic mass is 16.5. The molecule has 2 rings (SSSR count). The predicted molar refractivity (Wildman–Crippen MR) is 76.3 cm³/mol. The summed E-state index contributed by atoms with van der Waals surface area (Å²) in [6.45, 7) is 4.48. The minimum absolute atomic E-state index is 0.117. The molecule has 1 aromatic rings. The largest absolute Gasteiger partial charge is 0.380 e. The van der Waals surface area contributed by atoms with Crippen LogP contribution in [0.25, 0.3) is 0 Å². The molecule has 0 bridgehead atoms. The van der Waals surface area contributed by atoms with Gasteiger partial charge in [0.05, 0.1) is 25.2 Å². The monoisotopic (exact) mass is 280 g/mol. The zero-order chi connectivity index (χ0) is 14.7. The van der Waals surface area contributed by atoms with Crippen molar-refractivity contribution in [3.8, 4) is 0 Å². The third-order valence-corrected chi connectivity index (χ3v) is 3.80. The maximum atomic E-state index is 12.0. The van der Waals surface area contributed by atoms with Crippen LogP contribution < -0.4 is 0 Å². The maximum Gasteiger partial charge on any atom is 0.236 e. The Morgan fingerprint density at radius 3 is 2.95 bits per heavy atom. The van der Waals surface area contributed by atoms with Crippen molar-refractivity contribution < 1.29 is 9.53 Å². The first-order valence-electron chi connectivity index (χ1n) is 7.04. The van der Waals surface area contributed by atoms with E-state index in [1.54, 1.807) is 19.0 Å². The number of amides is 1. The van der Waals surface area contributed by atoms with Gasteiger partial charge in [-0.15, -0.1) is 0 Å². The van der Waals surface area contributed by atoms with Gasteiger partial charge in [-0.3, -0.25) is 9.69 Å². The van der Waals surface area contributed by atoms with Gasteiger partial charge in [0.2, 0.25) is 5.91 Å². The number of likely N-dealkylation sites (N-methyl/N-ethyl adjacent to an activating group) is 1. The average molecular weight is 280 g/mol. The van der Waals surface area contributed by atoms with E-state index < -0.39 is 0 Å². The zero-order valence-electron chi connectivity index (χ0n) is 12.8. The Morgan fingerprint density at radius 2 is 2.30 bits per heavy atom. The maximum absolute atomic E-state index is 12.0. The van der Waals surface area contributed by atoms with Gasteiger partial charge in [0, 0.05) is 52.5 Å². The quantitative estimate of drug-likeness (QED) is 0.777. The fourth-order valence-corrected chi connectivity index (χ4v) is 2.49. The van der Waals surface area contributed by atoms with E-state index in [1.165, 1.54) is 5.69 Å². The van der Waals surface area contributed by atoms with Crippen molar-refractivity contribution in [1.29, 1.82) is 0 Å². The van der Waals surface area contributed by atoms with Crippen molar-refractivity contribution in [2.45, 2.75) is 25.9 Å². The van der Waals surface area contributed by atoms with Crippen molar-refractivity contribution in [2.24, 2.45) is 7.05 Å². The highest BCUT2D eigenvalue weighted by Gasteiger charge is 2.30. The van der Waals surface area contributed by atoms with Crippen LogP contribution in [0.4, 0.5) is 0 Å². The van der Waals surface area contributed by atoms with Gasteiger partial charge in [-0.05, 0) is 6.92 Å². The molecular formula is C14H24N4O2. The Hall–Kier alpha value is -1.40. The van der Waals surface area contributed by atoms with E-state index in [0.29, 0.717) is 26.3 Å². The van der Waals surface area contributed by atoms with E-state index >= 15 is 0 Å². The van der Waals surface area contributed by atoms with Crippen molar-refractivity contribution in [3.05, 3.63) is 17.7 Å². The molecule has 0 aromatic carbocycles. The molecule has 1 aliphatic heterocycles. The number of imidazole rings is 1. The second kappa shape index (κ2) is 6.37. The van der Waals surface area contributed by atoms with Gasteiger partial charge in [-0.1, -0.05) is 0 Å². The number of nitrogens with zero attached hydrogens (tertiary/aromatic N) is 4. The minimum Gasteiger partial charge on any atom is -0.380 e. The molecule has 0 saturated carbocycles. The van der Waals surface area contributed by atoms with Crippen LogP contribution in [0.15, 0.2) is 6.33 Å². The second-order valence-corrected chi connectivity index (χ2v) is 5.46. The van der Waals surface area contributed by atoms with Gasteiger partial charge in [-0.2, -0.15) is 0 Å². The molecule has 1 atom stereocenters. The number of aromatic nitrogens is 2. The van der Waals surface area contributed by atoms with Gasteiger partial charge < -0.3 is 14.2 Å². The number of hydrogen-bond donors (Lipinski definition) is 0. The number of ether oxygens (including phenoxy) is 1. The molecule has 0 saturated heterocycles. The van der Waals surface area contributed by atoms with Crippen LogP contribution in [0.3, 0.4) is 0 Å². The Bertz CT molecular complexity index is 470. The highest BCUT2D eigenvalue weighted by Crippen LogP contribution is 2.22. The standard InChI is InChI=1S/C14H24N4O2/c1-5-20-9-11-6-13-12(15-10-17(13)4)7-18(11)8-14(19)16(2)3/h10-11H,5-9H2,1-4H3. The summed E-state index contributed by atoms with van der Waals surface area (Å²) in [6.07, 6.45) is 2.73. The molecule has 0 aliphatic carbocycles. The van der Waals surface area contributed by atoms with Gasteiger partial charge in [0.15, 0.2) is 0 Å². The topological polar surface area (TPSA) is 50.6 Å². The minimum atomic E-state index is 0.117. The number of aryl methyl sites for hydroxylation is 1. The molecule has 6 nitrogen and oxygen atoms in total. The van der Waals surface area contributed by atoms with E-state index in [0.717, 1.165) is 12.1 Å². The lowest BCUT2D eigenvalue weighted by atomic mass is 10.0. The number of hydrogen-bond acceptors (Lipinski definition) is 4. The molecule has 112 valence electrons. The molecule has 1 amide bonds. The molecule has 0 radical (unpaired) electrons. The van der Waals surface area contributed by atoms with E-state index in [2.05, 4.69) is 14.5 Å². The third kappa shape index (κ3) is 3.19. The third-order valence-electron chi connectivity index (χ3n) is 3.80. The summed E-state index contributed by atoms with van der Waals surface area (Å²) >= 11 is 0. The molecule has 0 spiro atoms. The number of fused-ring (bicyclic) bond motifs is 1. The zero-order valence-corrected chi connectivity index (χ0v) is 12.8. The Labute approximate surface area is 120 Å². The Balaban J connectivity index is 2.12. The first-order chi connectivity index (χ1) is 9.52. The summed E-state index contributed by atoms with van der Waals surface area (Å²) in [6, 6.07) is 0.238. The first-order valence-corrected chi connectivity index (χ1v) is 7.04. The number of carbonyl (C=O) groups is 1. The Morgan fingerprint density at radius 1 is 1.55 bits per heavy atom. The van der Waals surface area contributed by atoms with E-state index in [1.807, 2.05) is 20.3 Å². The second-order valence-electron chi connectivity index (χ2n) is 5.46. The van der Waals surface area contributed by atoms with Gasteiger partial charge in [-0.25, -0.2) is 4.98 Å². The SMILES string of the molecule is CCOCC1Cc2c(ncn2C)CN1CC(=O)N(C)C. The fourth-order valence-electron chi connectivity index (χ4n) is 2.49. The summed E-state index contributed by atoms with van der Waals surface area (Å²) in [5, 5.41) is 0. The first kappa shape index (κ1) is 15.0. The molecule has 1 aromatic heterocycles. The fraction of sp³-hybridized carbons (Fsp3) is 0.714. The molecule has 20 heavy (non-hydrogen) atoms. The lowest BCUT2D eigenvalue weighted by Crippen LogP contribution is -2.48. The predicted octanol–water partition coefficient (Wildman–Crippen LogP) is 0.272. The van der Waals surface area contributed by atoms with Crippen LogP contribution in [-0.2, 0) is 29.5 Å². The van der Waals surface area contributed by atoms with E-state index in [-0.39, 0.29) is 11.9 Å². The lowest BCUT2D eigenvalue weighted by molar-refractivity contribution is -0.131. The van der Waals surface area contributed by atoms with Gasteiger partial charge in [0.25, 0.3) is 0 Å². The summed E-state index contributed by atoms with van der Waals surface area (Å²) in [5.41, 5.74) is 2.33. The van der Waals surface area contributed by atoms with Gasteiger partial charge in [0.1, 0.15) is 0 Å². The molecule has 1 aliphatic rings. The summed E-state index contributed by atoms with van der Waals surface area (Å²) in [7, 11) is 5.59. The summed E-state index contributed by atoms with van der Waals surface area (Å²) in [5.74, 6) is 0.117.